The van der Waals surface area contributed by atoms with Crippen LogP contribution >= 0.6 is 11.6 Å². The van der Waals surface area contributed by atoms with E-state index in [-0.39, 0.29) is 11.7 Å². The molecule has 1 aliphatic heterocycles. The Labute approximate surface area is 123 Å². The van der Waals surface area contributed by atoms with Gasteiger partial charge in [-0.1, -0.05) is 41.9 Å². The molecule has 102 valence electrons. The van der Waals surface area contributed by atoms with E-state index in [2.05, 4.69) is 5.32 Å². The normalized spacial score (nSPS) is 16.6. The summed E-state index contributed by atoms with van der Waals surface area (Å²) in [6.07, 6.45) is 0.389. The molecule has 0 amide bonds. The van der Waals surface area contributed by atoms with Crippen molar-refractivity contribution in [3.8, 4) is 0 Å². The first-order valence-electron chi connectivity index (χ1n) is 6.75. The lowest BCUT2D eigenvalue weighted by Crippen LogP contribution is -2.17. The van der Waals surface area contributed by atoms with Crippen molar-refractivity contribution in [3.05, 3.63) is 64.2 Å². The Morgan fingerprint density at radius 3 is 2.90 bits per heavy atom. The molecule has 0 aromatic heterocycles. The van der Waals surface area contributed by atoms with Gasteiger partial charge in [-0.3, -0.25) is 4.79 Å². The summed E-state index contributed by atoms with van der Waals surface area (Å²) in [5.74, 6) is 0.150. The van der Waals surface area contributed by atoms with Gasteiger partial charge in [-0.15, -0.1) is 0 Å². The van der Waals surface area contributed by atoms with Gasteiger partial charge in [0.25, 0.3) is 0 Å². The Kier molecular flexibility index (Phi) is 3.49. The van der Waals surface area contributed by atoms with Gasteiger partial charge in [-0.25, -0.2) is 0 Å². The molecule has 0 fully saturated rings. The van der Waals surface area contributed by atoms with Gasteiger partial charge in [0.15, 0.2) is 0 Å². The second-order valence-electron chi connectivity index (χ2n) is 5.26. The third-order valence-electron chi connectivity index (χ3n) is 3.79. The van der Waals surface area contributed by atoms with Crippen LogP contribution in [0.5, 0.6) is 0 Å². The van der Waals surface area contributed by atoms with Gasteiger partial charge in [0.1, 0.15) is 5.78 Å². The molecule has 2 aromatic carbocycles. The molecule has 1 unspecified atom stereocenters. The smallest absolute Gasteiger partial charge is 0.146 e. The molecule has 20 heavy (non-hydrogen) atoms. The van der Waals surface area contributed by atoms with Crippen molar-refractivity contribution in [1.29, 1.82) is 0 Å². The molecular weight excluding hydrogens is 270 g/mol. The number of aryl methyl sites for hydroxylation is 1. The Balaban J connectivity index is 1.81. The third-order valence-corrected chi connectivity index (χ3v) is 4.15. The zero-order valence-electron chi connectivity index (χ0n) is 11.3. The molecule has 2 nitrogen and oxygen atoms in total. The van der Waals surface area contributed by atoms with Crippen LogP contribution in [-0.4, -0.2) is 12.3 Å². The fraction of sp³-hybridized carbons (Fsp3) is 0.235. The first-order chi connectivity index (χ1) is 9.65. The maximum atomic E-state index is 12.5. The van der Waals surface area contributed by atoms with E-state index >= 15 is 0 Å². The monoisotopic (exact) mass is 285 g/mol. The first kappa shape index (κ1) is 13.2. The Hall–Kier alpha value is -1.80. The van der Waals surface area contributed by atoms with Crippen LogP contribution in [0.4, 0.5) is 5.69 Å². The van der Waals surface area contributed by atoms with Crippen molar-refractivity contribution in [2.75, 3.05) is 11.9 Å². The van der Waals surface area contributed by atoms with E-state index < -0.39 is 0 Å². The summed E-state index contributed by atoms with van der Waals surface area (Å²) in [5.41, 5.74) is 4.19. The second kappa shape index (κ2) is 5.29. The molecule has 3 heteroatoms. The molecule has 0 bridgehead atoms. The minimum Gasteiger partial charge on any atom is -0.384 e. The van der Waals surface area contributed by atoms with Gasteiger partial charge in [0.2, 0.25) is 0 Å². The highest BCUT2D eigenvalue weighted by molar-refractivity contribution is 6.31. The summed E-state index contributed by atoms with van der Waals surface area (Å²) < 4.78 is 0. The number of Topliss-reactive ketones (excluding diaryl/α,β-unsaturated/α-hetero) is 1. The topological polar surface area (TPSA) is 29.1 Å². The molecule has 0 spiro atoms. The predicted molar refractivity (Wildman–Crippen MR) is 82.6 cm³/mol. The molecule has 1 aliphatic rings. The maximum Gasteiger partial charge on any atom is 0.146 e. The summed E-state index contributed by atoms with van der Waals surface area (Å²) in [5, 5.41) is 3.97. The minimum absolute atomic E-state index is 0.0661. The standard InChI is InChI=1S/C17H16ClNO/c1-11-6-7-12(15(18)8-11)9-17(20)14-10-19-16-5-3-2-4-13(14)16/h2-8,14,19H,9-10H2,1H3. The van der Waals surface area contributed by atoms with Gasteiger partial charge < -0.3 is 5.32 Å². The average molecular weight is 286 g/mol. The highest BCUT2D eigenvalue weighted by Crippen LogP contribution is 2.32. The molecular formula is C17H16ClNO. The number of fused-ring (bicyclic) bond motifs is 1. The van der Waals surface area contributed by atoms with Gasteiger partial charge in [-0.2, -0.15) is 0 Å². The number of rotatable bonds is 3. The highest BCUT2D eigenvalue weighted by Gasteiger charge is 2.28. The zero-order valence-corrected chi connectivity index (χ0v) is 12.1. The first-order valence-corrected chi connectivity index (χ1v) is 7.13. The van der Waals surface area contributed by atoms with Gasteiger partial charge >= 0.3 is 0 Å². The Morgan fingerprint density at radius 1 is 1.30 bits per heavy atom. The number of hydrogen-bond donors (Lipinski definition) is 1. The fourth-order valence-electron chi connectivity index (χ4n) is 2.68. The Morgan fingerprint density at radius 2 is 2.10 bits per heavy atom. The van der Waals surface area contributed by atoms with E-state index in [1.54, 1.807) is 0 Å². The number of para-hydroxylation sites is 1. The van der Waals surface area contributed by atoms with Crippen molar-refractivity contribution in [1.82, 2.24) is 0 Å². The van der Waals surface area contributed by atoms with E-state index in [9.17, 15) is 4.79 Å². The number of anilines is 1. The van der Waals surface area contributed by atoms with Crippen LogP contribution in [0.2, 0.25) is 5.02 Å². The lowest BCUT2D eigenvalue weighted by atomic mass is 9.92. The molecule has 0 radical (unpaired) electrons. The summed E-state index contributed by atoms with van der Waals surface area (Å²) in [6.45, 7) is 2.68. The van der Waals surface area contributed by atoms with Crippen LogP contribution in [0.1, 0.15) is 22.6 Å². The van der Waals surface area contributed by atoms with Gasteiger partial charge in [0.05, 0.1) is 5.92 Å². The van der Waals surface area contributed by atoms with Crippen molar-refractivity contribution in [3.63, 3.8) is 0 Å². The van der Waals surface area contributed by atoms with E-state index in [0.717, 1.165) is 22.4 Å². The fourth-order valence-corrected chi connectivity index (χ4v) is 2.98. The Bertz CT molecular complexity index is 666. The molecule has 0 saturated carbocycles. The number of hydrogen-bond acceptors (Lipinski definition) is 2. The molecule has 1 heterocycles. The van der Waals surface area contributed by atoms with Crippen molar-refractivity contribution >= 4 is 23.1 Å². The number of halogens is 1. The van der Waals surface area contributed by atoms with Crippen LogP contribution in [0.15, 0.2) is 42.5 Å². The minimum atomic E-state index is -0.0661. The van der Waals surface area contributed by atoms with Crippen molar-refractivity contribution in [2.45, 2.75) is 19.3 Å². The third kappa shape index (κ3) is 2.44. The number of benzene rings is 2. The quantitative estimate of drug-likeness (QED) is 0.924. The van der Waals surface area contributed by atoms with Crippen LogP contribution < -0.4 is 5.32 Å². The molecule has 3 rings (SSSR count). The molecule has 0 saturated heterocycles. The second-order valence-corrected chi connectivity index (χ2v) is 5.67. The lowest BCUT2D eigenvalue weighted by molar-refractivity contribution is -0.119. The number of ketones is 1. The van der Waals surface area contributed by atoms with Crippen LogP contribution in [0.25, 0.3) is 0 Å². The van der Waals surface area contributed by atoms with Crippen LogP contribution in [0.3, 0.4) is 0 Å². The van der Waals surface area contributed by atoms with E-state index in [1.165, 1.54) is 0 Å². The predicted octanol–water partition coefficient (Wildman–Crippen LogP) is 3.97. The van der Waals surface area contributed by atoms with Crippen molar-refractivity contribution < 1.29 is 4.79 Å². The van der Waals surface area contributed by atoms with Crippen LogP contribution in [0, 0.1) is 6.92 Å². The number of carbonyl (C=O) groups is 1. The highest BCUT2D eigenvalue weighted by atomic mass is 35.5. The average Bonchev–Trinajstić information content (AvgIpc) is 2.86. The lowest BCUT2D eigenvalue weighted by Gasteiger charge is -2.10. The summed E-state index contributed by atoms with van der Waals surface area (Å²) in [4.78, 5) is 12.5. The van der Waals surface area contributed by atoms with E-state index in [4.69, 9.17) is 11.6 Å². The van der Waals surface area contributed by atoms with E-state index in [0.29, 0.717) is 18.0 Å². The SMILES string of the molecule is Cc1ccc(CC(=O)C2CNc3ccccc32)c(Cl)c1. The maximum absolute atomic E-state index is 12.5. The van der Waals surface area contributed by atoms with E-state index in [1.807, 2.05) is 49.4 Å². The molecule has 1 N–H and O–H groups in total. The number of nitrogens with one attached hydrogen (secondary N) is 1. The molecule has 1 atom stereocenters. The summed E-state index contributed by atoms with van der Waals surface area (Å²) >= 11 is 6.21. The molecule has 2 aromatic rings. The van der Waals surface area contributed by atoms with Crippen molar-refractivity contribution in [2.24, 2.45) is 0 Å². The zero-order chi connectivity index (χ0) is 14.1. The number of carbonyl (C=O) groups excluding carboxylic acids is 1. The van der Waals surface area contributed by atoms with Gasteiger partial charge in [0, 0.05) is 23.7 Å². The largest absolute Gasteiger partial charge is 0.384 e. The van der Waals surface area contributed by atoms with Crippen LogP contribution in [-0.2, 0) is 11.2 Å². The summed E-state index contributed by atoms with van der Waals surface area (Å²) in [6, 6.07) is 13.8. The summed E-state index contributed by atoms with van der Waals surface area (Å²) in [7, 11) is 0. The molecule has 0 aliphatic carbocycles. The van der Waals surface area contributed by atoms with Gasteiger partial charge in [-0.05, 0) is 35.7 Å².